The fourth-order valence-electron chi connectivity index (χ4n) is 2.10. The van der Waals surface area contributed by atoms with Crippen LogP contribution >= 0.6 is 24.0 Å². The molecule has 2 heterocycles. The molecule has 20 heavy (non-hydrogen) atoms. The van der Waals surface area contributed by atoms with Crippen molar-refractivity contribution in [2.75, 3.05) is 17.2 Å². The predicted molar refractivity (Wildman–Crippen MR) is 83.8 cm³/mol. The van der Waals surface area contributed by atoms with Gasteiger partial charge in [-0.25, -0.2) is 4.79 Å². The van der Waals surface area contributed by atoms with E-state index in [-0.39, 0.29) is 17.8 Å². The number of carbonyl (C=O) groups excluding carboxylic acids is 2. The Hall–Kier alpha value is -1.01. The summed E-state index contributed by atoms with van der Waals surface area (Å²) < 4.78 is 5.39. The molecule has 4 nitrogen and oxygen atoms in total. The number of carbonyl (C=O) groups is 2. The molecule has 0 radical (unpaired) electrons. The number of ether oxygens (including phenoxy) is 1. The molecule has 6 heteroatoms. The summed E-state index contributed by atoms with van der Waals surface area (Å²) in [7, 11) is 0. The van der Waals surface area contributed by atoms with Gasteiger partial charge < -0.3 is 9.64 Å². The van der Waals surface area contributed by atoms with E-state index in [1.54, 1.807) is 11.0 Å². The number of hydrogen-bond donors (Lipinski definition) is 1. The van der Waals surface area contributed by atoms with Crippen molar-refractivity contribution in [3.05, 3.63) is 17.0 Å². The van der Waals surface area contributed by atoms with Gasteiger partial charge in [-0.1, -0.05) is 0 Å². The molecule has 1 saturated heterocycles. The van der Waals surface area contributed by atoms with E-state index in [1.807, 2.05) is 26.2 Å². The molecule has 110 valence electrons. The number of rotatable bonds is 3. The van der Waals surface area contributed by atoms with Crippen LogP contribution in [-0.4, -0.2) is 29.8 Å². The zero-order valence-corrected chi connectivity index (χ0v) is 13.6. The topological polar surface area (TPSA) is 46.6 Å². The molecule has 1 aliphatic rings. The minimum Gasteiger partial charge on any atom is -0.456 e. The van der Waals surface area contributed by atoms with Crippen LogP contribution in [0.3, 0.4) is 0 Å². The Balaban J connectivity index is 2.21. The Bertz CT molecular complexity index is 519. The summed E-state index contributed by atoms with van der Waals surface area (Å²) in [6.07, 6.45) is 0.495. The summed E-state index contributed by atoms with van der Waals surface area (Å²) in [6.45, 7) is 6.11. The normalized spacial score (nSPS) is 19.5. The molecule has 0 aliphatic carbocycles. The van der Waals surface area contributed by atoms with E-state index in [4.69, 9.17) is 4.74 Å². The molecule has 1 aromatic heterocycles. The third-order valence-electron chi connectivity index (χ3n) is 2.97. The minimum atomic E-state index is -0.543. The Kier molecular flexibility index (Phi) is 4.44. The molecule has 1 aliphatic heterocycles. The summed E-state index contributed by atoms with van der Waals surface area (Å²) in [5.41, 5.74) is -0.0723. The first-order valence-corrected chi connectivity index (χ1v) is 8.05. The number of amides is 1. The maximum absolute atomic E-state index is 12.2. The van der Waals surface area contributed by atoms with Crippen LogP contribution in [0, 0.1) is 5.92 Å². The first kappa shape index (κ1) is 15.4. The second kappa shape index (κ2) is 5.77. The maximum Gasteiger partial charge on any atom is 0.341 e. The van der Waals surface area contributed by atoms with E-state index < -0.39 is 5.60 Å². The molecular weight excluding hydrogens is 294 g/mol. The molecule has 1 fully saturated rings. The molecule has 0 aromatic carbocycles. The minimum absolute atomic E-state index is 0.0521. The monoisotopic (exact) mass is 313 g/mol. The summed E-state index contributed by atoms with van der Waals surface area (Å²) in [6, 6.07) is 1.72. The van der Waals surface area contributed by atoms with Crippen molar-refractivity contribution in [3.8, 4) is 0 Å². The van der Waals surface area contributed by atoms with Gasteiger partial charge in [0.1, 0.15) is 10.6 Å². The summed E-state index contributed by atoms with van der Waals surface area (Å²) in [5.74, 6) is 0.599. The first-order valence-electron chi connectivity index (χ1n) is 6.54. The van der Waals surface area contributed by atoms with Crippen LogP contribution in [0.1, 0.15) is 37.6 Å². The van der Waals surface area contributed by atoms with Gasteiger partial charge in [0.25, 0.3) is 0 Å². The van der Waals surface area contributed by atoms with Crippen LogP contribution < -0.4 is 4.90 Å². The van der Waals surface area contributed by atoms with Crippen LogP contribution in [0.4, 0.5) is 5.00 Å². The second-order valence-corrected chi connectivity index (χ2v) is 7.16. The molecule has 0 spiro atoms. The highest BCUT2D eigenvalue weighted by molar-refractivity contribution is 7.80. The van der Waals surface area contributed by atoms with Gasteiger partial charge in [0.2, 0.25) is 5.91 Å². The fourth-order valence-corrected chi connectivity index (χ4v) is 3.26. The number of thiophene rings is 1. The average molecular weight is 313 g/mol. The van der Waals surface area contributed by atoms with Crippen molar-refractivity contribution in [1.29, 1.82) is 0 Å². The number of hydrogen-bond acceptors (Lipinski definition) is 5. The first-order chi connectivity index (χ1) is 9.31. The lowest BCUT2D eigenvalue weighted by atomic mass is 10.1. The zero-order valence-electron chi connectivity index (χ0n) is 11.9. The van der Waals surface area contributed by atoms with Gasteiger partial charge >= 0.3 is 5.97 Å². The highest BCUT2D eigenvalue weighted by atomic mass is 32.1. The third-order valence-corrected chi connectivity index (χ3v) is 4.42. The number of esters is 1. The van der Waals surface area contributed by atoms with Crippen molar-refractivity contribution in [2.24, 2.45) is 5.92 Å². The third kappa shape index (κ3) is 3.35. The van der Waals surface area contributed by atoms with Crippen molar-refractivity contribution in [2.45, 2.75) is 32.8 Å². The maximum atomic E-state index is 12.2. The van der Waals surface area contributed by atoms with Gasteiger partial charge in [-0.15, -0.1) is 11.3 Å². The number of anilines is 1. The Morgan fingerprint density at radius 2 is 2.25 bits per heavy atom. The van der Waals surface area contributed by atoms with Crippen LogP contribution in [-0.2, 0) is 9.53 Å². The lowest BCUT2D eigenvalue weighted by Gasteiger charge is -2.21. The summed E-state index contributed by atoms with van der Waals surface area (Å²) in [5, 5.41) is 2.50. The van der Waals surface area contributed by atoms with Gasteiger partial charge in [-0.05, 0) is 43.9 Å². The number of nitrogens with zero attached hydrogens (tertiary/aromatic N) is 1. The van der Waals surface area contributed by atoms with E-state index in [1.165, 1.54) is 11.3 Å². The highest BCUT2D eigenvalue weighted by Gasteiger charge is 2.33. The van der Waals surface area contributed by atoms with Crippen LogP contribution in [0.25, 0.3) is 0 Å². The van der Waals surface area contributed by atoms with Gasteiger partial charge in [0, 0.05) is 13.0 Å². The molecule has 1 atom stereocenters. The van der Waals surface area contributed by atoms with Gasteiger partial charge in [0.15, 0.2) is 0 Å². The summed E-state index contributed by atoms with van der Waals surface area (Å²) in [4.78, 5) is 25.9. The van der Waals surface area contributed by atoms with Crippen molar-refractivity contribution in [3.63, 3.8) is 0 Å². The Morgan fingerprint density at radius 1 is 1.55 bits per heavy atom. The van der Waals surface area contributed by atoms with Crippen molar-refractivity contribution >= 4 is 40.8 Å². The van der Waals surface area contributed by atoms with Crippen LogP contribution in [0.15, 0.2) is 11.4 Å². The average Bonchev–Trinajstić information content (AvgIpc) is 2.92. The van der Waals surface area contributed by atoms with Gasteiger partial charge in [-0.2, -0.15) is 12.6 Å². The standard InChI is InChI=1S/C14H19NO3S2/c1-14(2,3)18-13(17)10-4-5-20-12(10)15-7-9(8-19)6-11(15)16/h4-5,9,19H,6-8H2,1-3H3. The fraction of sp³-hybridized carbons (Fsp3) is 0.571. The van der Waals surface area contributed by atoms with Gasteiger partial charge in [-0.3, -0.25) is 4.79 Å². The molecule has 0 saturated carbocycles. The van der Waals surface area contributed by atoms with Crippen molar-refractivity contribution < 1.29 is 14.3 Å². The van der Waals surface area contributed by atoms with E-state index >= 15 is 0 Å². The Labute approximate surface area is 128 Å². The van der Waals surface area contributed by atoms with E-state index in [0.717, 1.165) is 0 Å². The lowest BCUT2D eigenvalue weighted by molar-refractivity contribution is -0.117. The molecule has 0 N–H and O–H groups in total. The molecule has 1 unspecified atom stereocenters. The molecule has 1 aromatic rings. The summed E-state index contributed by atoms with van der Waals surface area (Å²) >= 11 is 5.65. The Morgan fingerprint density at radius 3 is 2.80 bits per heavy atom. The molecule has 0 bridgehead atoms. The second-order valence-electron chi connectivity index (χ2n) is 5.90. The molecular formula is C14H19NO3S2. The number of thiol groups is 1. The highest BCUT2D eigenvalue weighted by Crippen LogP contribution is 2.34. The van der Waals surface area contributed by atoms with Crippen molar-refractivity contribution in [1.82, 2.24) is 0 Å². The van der Waals surface area contributed by atoms with E-state index in [2.05, 4.69) is 12.6 Å². The predicted octanol–water partition coefficient (Wildman–Crippen LogP) is 2.99. The SMILES string of the molecule is CC(C)(C)OC(=O)c1ccsc1N1CC(CS)CC1=O. The van der Waals surface area contributed by atoms with E-state index in [0.29, 0.717) is 29.3 Å². The largest absolute Gasteiger partial charge is 0.456 e. The van der Waals surface area contributed by atoms with Gasteiger partial charge in [0.05, 0.1) is 5.56 Å². The van der Waals surface area contributed by atoms with E-state index in [9.17, 15) is 9.59 Å². The molecule has 1 amide bonds. The smallest absolute Gasteiger partial charge is 0.341 e. The zero-order chi connectivity index (χ0) is 14.9. The van der Waals surface area contributed by atoms with Crippen LogP contribution in [0.5, 0.6) is 0 Å². The lowest BCUT2D eigenvalue weighted by Crippen LogP contribution is -2.28. The molecule has 2 rings (SSSR count). The quantitative estimate of drug-likeness (QED) is 0.689. The van der Waals surface area contributed by atoms with Crippen LogP contribution in [0.2, 0.25) is 0 Å².